The molecule has 0 amide bonds. The maximum absolute atomic E-state index is 12.5. The number of hydrogen-bond acceptors (Lipinski definition) is 2. The van der Waals surface area contributed by atoms with E-state index in [1.165, 1.54) is 0 Å². The summed E-state index contributed by atoms with van der Waals surface area (Å²) < 4.78 is 45.1. The van der Waals surface area contributed by atoms with Gasteiger partial charge in [-0.2, -0.15) is 0 Å². The SMILES string of the molecule is O=[SH](=O)c1ccc(F)cc1F. The Labute approximate surface area is 63.4 Å². The van der Waals surface area contributed by atoms with Gasteiger partial charge in [-0.25, -0.2) is 17.2 Å². The molecular weight excluding hydrogens is 174 g/mol. The molecule has 0 fully saturated rings. The van der Waals surface area contributed by atoms with Gasteiger partial charge >= 0.3 is 0 Å². The van der Waals surface area contributed by atoms with Crippen LogP contribution < -0.4 is 0 Å². The highest BCUT2D eigenvalue weighted by atomic mass is 32.2. The minimum atomic E-state index is -2.97. The smallest absolute Gasteiger partial charge is 0.171 e. The monoisotopic (exact) mass is 178 g/mol. The van der Waals surface area contributed by atoms with Crippen LogP contribution in [0.5, 0.6) is 0 Å². The van der Waals surface area contributed by atoms with E-state index in [4.69, 9.17) is 0 Å². The summed E-state index contributed by atoms with van der Waals surface area (Å²) in [7, 11) is -2.97. The van der Waals surface area contributed by atoms with E-state index in [0.717, 1.165) is 12.1 Å². The van der Waals surface area contributed by atoms with E-state index >= 15 is 0 Å². The maximum atomic E-state index is 12.5. The molecule has 11 heavy (non-hydrogen) atoms. The summed E-state index contributed by atoms with van der Waals surface area (Å²) in [4.78, 5) is -0.485. The largest absolute Gasteiger partial charge is 0.227 e. The number of rotatable bonds is 1. The van der Waals surface area contributed by atoms with Crippen molar-refractivity contribution in [3.8, 4) is 0 Å². The molecule has 0 aliphatic rings. The zero-order valence-electron chi connectivity index (χ0n) is 5.25. The van der Waals surface area contributed by atoms with Crippen LogP contribution in [0.15, 0.2) is 23.1 Å². The highest BCUT2D eigenvalue weighted by Crippen LogP contribution is 2.09. The lowest BCUT2D eigenvalue weighted by Crippen LogP contribution is -1.87. The molecule has 0 aliphatic heterocycles. The molecule has 0 aromatic heterocycles. The lowest BCUT2D eigenvalue weighted by atomic mass is 10.3. The van der Waals surface area contributed by atoms with Gasteiger partial charge in [-0.3, -0.25) is 0 Å². The molecule has 0 saturated carbocycles. The van der Waals surface area contributed by atoms with E-state index in [0.29, 0.717) is 6.07 Å². The van der Waals surface area contributed by atoms with Gasteiger partial charge in [0.05, 0.1) is 4.90 Å². The average molecular weight is 178 g/mol. The van der Waals surface area contributed by atoms with Gasteiger partial charge in [0, 0.05) is 6.07 Å². The van der Waals surface area contributed by atoms with Gasteiger partial charge in [-0.05, 0) is 12.1 Å². The lowest BCUT2D eigenvalue weighted by molar-refractivity contribution is 0.555. The first kappa shape index (κ1) is 8.13. The predicted molar refractivity (Wildman–Crippen MR) is 34.9 cm³/mol. The molecule has 0 saturated heterocycles. The Kier molecular flexibility index (Phi) is 2.19. The molecule has 2 nitrogen and oxygen atoms in total. The molecule has 5 heteroatoms. The van der Waals surface area contributed by atoms with Crippen LogP contribution >= 0.6 is 0 Å². The summed E-state index contributed by atoms with van der Waals surface area (Å²) in [6, 6.07) is 2.31. The molecule has 0 bridgehead atoms. The lowest BCUT2D eigenvalue weighted by Gasteiger charge is -1.92. The molecular formula is C6H4F2O2S. The van der Waals surface area contributed by atoms with Crippen LogP contribution in [0.25, 0.3) is 0 Å². The van der Waals surface area contributed by atoms with Gasteiger partial charge < -0.3 is 0 Å². The first-order valence-electron chi connectivity index (χ1n) is 2.70. The Balaban J connectivity index is 3.31. The van der Waals surface area contributed by atoms with Crippen molar-refractivity contribution in [2.24, 2.45) is 0 Å². The van der Waals surface area contributed by atoms with Crippen molar-refractivity contribution in [3.63, 3.8) is 0 Å². The molecule has 0 aliphatic carbocycles. The number of benzene rings is 1. The topological polar surface area (TPSA) is 34.1 Å². The summed E-state index contributed by atoms with van der Waals surface area (Å²) in [6.45, 7) is 0. The number of halogens is 2. The summed E-state index contributed by atoms with van der Waals surface area (Å²) in [5, 5.41) is 0. The first-order valence-corrected chi connectivity index (χ1v) is 3.88. The molecule has 0 spiro atoms. The Hall–Kier alpha value is -0.970. The second-order valence-corrected chi connectivity index (χ2v) is 2.85. The van der Waals surface area contributed by atoms with E-state index < -0.39 is 27.2 Å². The minimum absolute atomic E-state index is 0.485. The van der Waals surface area contributed by atoms with Crippen molar-refractivity contribution in [3.05, 3.63) is 29.8 Å². The third-order valence-electron chi connectivity index (χ3n) is 1.11. The quantitative estimate of drug-likeness (QED) is 0.649. The Morgan fingerprint density at radius 2 is 1.82 bits per heavy atom. The van der Waals surface area contributed by atoms with Gasteiger partial charge in [-0.15, -0.1) is 0 Å². The van der Waals surface area contributed by atoms with Crippen LogP contribution in [-0.2, 0) is 10.7 Å². The summed E-state index contributed by atoms with van der Waals surface area (Å²) in [5.41, 5.74) is 0. The van der Waals surface area contributed by atoms with Crippen LogP contribution in [0.1, 0.15) is 0 Å². The highest BCUT2D eigenvalue weighted by molar-refractivity contribution is 7.72. The molecule has 1 rings (SSSR count). The van der Waals surface area contributed by atoms with E-state index in [2.05, 4.69) is 0 Å². The molecule has 0 unspecified atom stereocenters. The third-order valence-corrected chi connectivity index (χ3v) is 1.86. The third kappa shape index (κ3) is 1.74. The van der Waals surface area contributed by atoms with Gasteiger partial charge in [0.1, 0.15) is 11.6 Å². The van der Waals surface area contributed by atoms with Crippen LogP contribution in [-0.4, -0.2) is 8.42 Å². The highest BCUT2D eigenvalue weighted by Gasteiger charge is 2.04. The predicted octanol–water partition coefficient (Wildman–Crippen LogP) is 0.935. The molecule has 0 radical (unpaired) electrons. The minimum Gasteiger partial charge on any atom is -0.227 e. The molecule has 1 aromatic rings. The standard InChI is InChI=1S/C6H4F2O2S/c7-4-1-2-6(11(9)10)5(8)3-4/h1-3,11H. The van der Waals surface area contributed by atoms with E-state index in [1.807, 2.05) is 0 Å². The second kappa shape index (κ2) is 2.96. The van der Waals surface area contributed by atoms with Crippen LogP contribution in [0.2, 0.25) is 0 Å². The van der Waals surface area contributed by atoms with Crippen LogP contribution in [0, 0.1) is 11.6 Å². The van der Waals surface area contributed by atoms with Gasteiger partial charge in [0.25, 0.3) is 0 Å². The fourth-order valence-corrected chi connectivity index (χ4v) is 1.06. The van der Waals surface area contributed by atoms with Crippen molar-refractivity contribution in [1.29, 1.82) is 0 Å². The van der Waals surface area contributed by atoms with Crippen molar-refractivity contribution in [2.75, 3.05) is 0 Å². The van der Waals surface area contributed by atoms with Crippen molar-refractivity contribution in [1.82, 2.24) is 0 Å². The van der Waals surface area contributed by atoms with Crippen molar-refractivity contribution >= 4 is 10.7 Å². The van der Waals surface area contributed by atoms with E-state index in [1.54, 1.807) is 0 Å². The van der Waals surface area contributed by atoms with E-state index in [9.17, 15) is 17.2 Å². The Morgan fingerprint density at radius 1 is 1.18 bits per heavy atom. The molecule has 1 aromatic carbocycles. The molecule has 0 atom stereocenters. The summed E-state index contributed by atoms with van der Waals surface area (Å²) in [5.74, 6) is -1.84. The normalized spacial score (nSPS) is 10.5. The second-order valence-electron chi connectivity index (χ2n) is 1.85. The summed E-state index contributed by atoms with van der Waals surface area (Å²) in [6.07, 6.45) is 0. The zero-order chi connectivity index (χ0) is 8.43. The maximum Gasteiger partial charge on any atom is 0.171 e. The Bertz CT molecular complexity index is 338. The summed E-state index contributed by atoms with van der Waals surface area (Å²) >= 11 is 0. The van der Waals surface area contributed by atoms with Crippen molar-refractivity contribution < 1.29 is 17.2 Å². The van der Waals surface area contributed by atoms with E-state index in [-0.39, 0.29) is 0 Å². The van der Waals surface area contributed by atoms with Gasteiger partial charge in [0.15, 0.2) is 10.7 Å². The van der Waals surface area contributed by atoms with Gasteiger partial charge in [-0.1, -0.05) is 0 Å². The fraction of sp³-hybridized carbons (Fsp3) is 0. The first-order chi connectivity index (χ1) is 5.11. The fourth-order valence-electron chi connectivity index (χ4n) is 0.629. The zero-order valence-corrected chi connectivity index (χ0v) is 6.15. The molecule has 0 heterocycles. The van der Waals surface area contributed by atoms with Gasteiger partial charge in [0.2, 0.25) is 0 Å². The number of hydrogen-bond donors (Lipinski definition) is 1. The average Bonchev–Trinajstić information content (AvgIpc) is 1.85. The van der Waals surface area contributed by atoms with Crippen molar-refractivity contribution in [2.45, 2.75) is 4.90 Å². The number of thiol groups is 1. The van der Waals surface area contributed by atoms with Crippen LogP contribution in [0.4, 0.5) is 8.78 Å². The Morgan fingerprint density at radius 3 is 2.27 bits per heavy atom. The van der Waals surface area contributed by atoms with Crippen LogP contribution in [0.3, 0.4) is 0 Å². The molecule has 0 N–H and O–H groups in total. The molecule has 60 valence electrons.